The van der Waals surface area contributed by atoms with Crippen molar-refractivity contribution in [3.05, 3.63) is 0 Å². The first-order chi connectivity index (χ1) is 12.0. The van der Waals surface area contributed by atoms with E-state index in [2.05, 4.69) is 16.0 Å². The molecule has 0 heterocycles. The van der Waals surface area contributed by atoms with Crippen LogP contribution in [0.1, 0.15) is 48.0 Å². The van der Waals surface area contributed by atoms with E-state index in [1.165, 1.54) is 13.8 Å². The third kappa shape index (κ3) is 30.7. The van der Waals surface area contributed by atoms with Crippen LogP contribution in [0.2, 0.25) is 0 Å². The lowest BCUT2D eigenvalue weighted by molar-refractivity contribution is -0.123. The number of carbonyl (C=O) groups is 3. The van der Waals surface area contributed by atoms with Crippen LogP contribution in [0.4, 0.5) is 0 Å². The summed E-state index contributed by atoms with van der Waals surface area (Å²) in [5.74, 6) is -0.322. The summed E-state index contributed by atoms with van der Waals surface area (Å²) in [6, 6.07) is 0. The van der Waals surface area contributed by atoms with Gasteiger partial charge in [0.1, 0.15) is 0 Å². The van der Waals surface area contributed by atoms with Gasteiger partial charge < -0.3 is 25.4 Å². The van der Waals surface area contributed by atoms with Crippen LogP contribution < -0.4 is 16.0 Å². The van der Waals surface area contributed by atoms with Gasteiger partial charge in [0.2, 0.25) is 17.7 Å². The van der Waals surface area contributed by atoms with E-state index in [-0.39, 0.29) is 24.1 Å². The molecule has 0 aromatic heterocycles. The summed E-state index contributed by atoms with van der Waals surface area (Å²) in [5, 5.41) is 7.85. The maximum Gasteiger partial charge on any atom is 0.222 e. The Hall–Kier alpha value is -1.67. The van der Waals surface area contributed by atoms with Crippen LogP contribution in [0.5, 0.6) is 0 Å². The lowest BCUT2D eigenvalue weighted by Gasteiger charge is -2.07. The van der Waals surface area contributed by atoms with E-state index >= 15 is 0 Å². The van der Waals surface area contributed by atoms with Gasteiger partial charge in [0.05, 0.1) is 26.4 Å². The van der Waals surface area contributed by atoms with Crippen molar-refractivity contribution in [2.24, 2.45) is 0 Å². The second kappa shape index (κ2) is 24.6. The molecule has 0 radical (unpaired) electrons. The van der Waals surface area contributed by atoms with Crippen molar-refractivity contribution < 1.29 is 23.9 Å². The van der Waals surface area contributed by atoms with Crippen LogP contribution in [0, 0.1) is 0 Å². The Bertz CT molecular complexity index is 325. The molecule has 0 unspecified atom stereocenters. The van der Waals surface area contributed by atoms with Gasteiger partial charge in [-0.2, -0.15) is 0 Å². The quantitative estimate of drug-likeness (QED) is 0.446. The molecular formula is C17H37N3O5. The Morgan fingerprint density at radius 2 is 1.08 bits per heavy atom. The molecule has 0 saturated carbocycles. The summed E-state index contributed by atoms with van der Waals surface area (Å²) in [7, 11) is 0. The predicted octanol–water partition coefficient (Wildman–Crippen LogP) is 0.851. The molecule has 0 fully saturated rings. The highest BCUT2D eigenvalue weighted by Gasteiger charge is 2.00. The molecule has 8 heteroatoms. The highest BCUT2D eigenvalue weighted by Crippen LogP contribution is 1.84. The Labute approximate surface area is 152 Å². The van der Waals surface area contributed by atoms with Crippen molar-refractivity contribution in [1.29, 1.82) is 0 Å². The summed E-state index contributed by atoms with van der Waals surface area (Å²) in [6.07, 6.45) is 0.270. The van der Waals surface area contributed by atoms with Crippen LogP contribution in [0.25, 0.3) is 0 Å². The fourth-order valence-corrected chi connectivity index (χ4v) is 1.31. The number of hydrogen-bond acceptors (Lipinski definition) is 5. The second-order valence-electron chi connectivity index (χ2n) is 4.29. The number of amides is 3. The molecule has 0 aromatic rings. The zero-order valence-electron chi connectivity index (χ0n) is 16.7. The van der Waals surface area contributed by atoms with Crippen molar-refractivity contribution in [3.63, 3.8) is 0 Å². The van der Waals surface area contributed by atoms with Gasteiger partial charge >= 0.3 is 0 Å². The van der Waals surface area contributed by atoms with E-state index < -0.39 is 0 Å². The minimum Gasteiger partial charge on any atom is -0.379 e. The van der Waals surface area contributed by atoms with Crippen LogP contribution in [-0.2, 0) is 23.9 Å². The number of ether oxygens (including phenoxy) is 2. The molecule has 150 valence electrons. The van der Waals surface area contributed by atoms with Crippen molar-refractivity contribution in [2.45, 2.75) is 48.0 Å². The van der Waals surface area contributed by atoms with Gasteiger partial charge in [-0.25, -0.2) is 0 Å². The normalized spacial score (nSPS) is 8.88. The van der Waals surface area contributed by atoms with Gasteiger partial charge in [-0.05, 0) is 0 Å². The number of rotatable bonds is 12. The van der Waals surface area contributed by atoms with Gasteiger partial charge in [0.25, 0.3) is 0 Å². The number of hydrogen-bond donors (Lipinski definition) is 3. The minimum atomic E-state index is -0.119. The Kier molecular flexibility index (Phi) is 27.7. The van der Waals surface area contributed by atoms with Gasteiger partial charge in [-0.3, -0.25) is 14.4 Å². The summed E-state index contributed by atoms with van der Waals surface area (Å²) in [6.45, 7) is 13.8. The fraction of sp³-hybridized carbons (Fsp3) is 0.824. The molecule has 0 rings (SSSR count). The molecule has 0 aliphatic carbocycles. The van der Waals surface area contributed by atoms with Gasteiger partial charge in [-0.1, -0.05) is 27.7 Å². The van der Waals surface area contributed by atoms with Crippen molar-refractivity contribution >= 4 is 17.7 Å². The molecule has 0 aliphatic rings. The van der Waals surface area contributed by atoms with E-state index in [9.17, 15) is 14.4 Å². The van der Waals surface area contributed by atoms with Gasteiger partial charge in [0.15, 0.2) is 0 Å². The smallest absolute Gasteiger partial charge is 0.222 e. The first-order valence-corrected chi connectivity index (χ1v) is 8.93. The number of nitrogens with one attached hydrogen (secondary N) is 3. The third-order valence-electron chi connectivity index (χ3n) is 2.29. The van der Waals surface area contributed by atoms with Crippen molar-refractivity contribution in [1.82, 2.24) is 16.0 Å². The summed E-state index contributed by atoms with van der Waals surface area (Å²) in [5.41, 5.74) is 0. The standard InChI is InChI=1S/C13H25N3O5.2C2H6/c1-11(17)14-4-5-16-13(19)3-7-20-9-10-21-8-6-15-12(2)18;2*1-2/h3-10H2,1-2H3,(H,14,17)(H,15,18)(H,16,19);2*1-2H3. The maximum atomic E-state index is 11.4. The van der Waals surface area contributed by atoms with Gasteiger partial charge in [-0.15, -0.1) is 0 Å². The Morgan fingerprint density at radius 3 is 1.60 bits per heavy atom. The molecule has 8 nitrogen and oxygen atoms in total. The number of carbonyl (C=O) groups excluding carboxylic acids is 3. The largest absolute Gasteiger partial charge is 0.379 e. The molecule has 0 atom stereocenters. The second-order valence-corrected chi connectivity index (χ2v) is 4.29. The predicted molar refractivity (Wildman–Crippen MR) is 99.3 cm³/mol. The average Bonchev–Trinajstić information content (AvgIpc) is 2.60. The zero-order chi connectivity index (χ0) is 19.9. The van der Waals surface area contributed by atoms with Crippen molar-refractivity contribution in [3.8, 4) is 0 Å². The SMILES string of the molecule is CC.CC.CC(=O)NCCNC(=O)CCOCCOCCNC(C)=O. The third-order valence-corrected chi connectivity index (χ3v) is 2.29. The summed E-state index contributed by atoms with van der Waals surface area (Å²) < 4.78 is 10.4. The Morgan fingerprint density at radius 1 is 0.640 bits per heavy atom. The Balaban J connectivity index is -0.00000112. The molecular weight excluding hydrogens is 326 g/mol. The lowest BCUT2D eigenvalue weighted by Crippen LogP contribution is -2.34. The first-order valence-electron chi connectivity index (χ1n) is 8.93. The molecule has 0 aromatic carbocycles. The van der Waals surface area contributed by atoms with Gasteiger partial charge in [0, 0.05) is 39.9 Å². The molecule has 3 N–H and O–H groups in total. The monoisotopic (exact) mass is 363 g/mol. The molecule has 25 heavy (non-hydrogen) atoms. The van der Waals surface area contributed by atoms with E-state index in [4.69, 9.17) is 9.47 Å². The highest BCUT2D eigenvalue weighted by atomic mass is 16.5. The lowest BCUT2D eigenvalue weighted by atomic mass is 10.4. The van der Waals surface area contributed by atoms with Crippen LogP contribution >= 0.6 is 0 Å². The molecule has 0 aliphatic heterocycles. The van der Waals surface area contributed by atoms with Crippen LogP contribution in [0.3, 0.4) is 0 Å². The fourth-order valence-electron chi connectivity index (χ4n) is 1.31. The minimum absolute atomic E-state index is 0.0839. The first kappa shape index (κ1) is 28.1. The van der Waals surface area contributed by atoms with E-state index in [0.29, 0.717) is 46.1 Å². The average molecular weight is 363 g/mol. The van der Waals surface area contributed by atoms with E-state index in [1.54, 1.807) is 0 Å². The summed E-state index contributed by atoms with van der Waals surface area (Å²) in [4.78, 5) is 32.5. The van der Waals surface area contributed by atoms with Crippen molar-refractivity contribution in [2.75, 3.05) is 46.1 Å². The summed E-state index contributed by atoms with van der Waals surface area (Å²) >= 11 is 0. The molecule has 0 bridgehead atoms. The van der Waals surface area contributed by atoms with E-state index in [1.807, 2.05) is 27.7 Å². The van der Waals surface area contributed by atoms with E-state index in [0.717, 1.165) is 0 Å². The molecule has 0 saturated heterocycles. The zero-order valence-corrected chi connectivity index (χ0v) is 16.7. The molecule has 0 spiro atoms. The van der Waals surface area contributed by atoms with Crippen LogP contribution in [0.15, 0.2) is 0 Å². The topological polar surface area (TPSA) is 106 Å². The molecule has 3 amide bonds. The van der Waals surface area contributed by atoms with Crippen LogP contribution in [-0.4, -0.2) is 63.8 Å². The maximum absolute atomic E-state index is 11.4. The highest BCUT2D eigenvalue weighted by molar-refractivity contribution is 5.76.